The first kappa shape index (κ1) is 10.2. The van der Waals surface area contributed by atoms with Crippen LogP contribution in [0.3, 0.4) is 0 Å². The van der Waals surface area contributed by atoms with E-state index in [0.717, 1.165) is 15.4 Å². The van der Waals surface area contributed by atoms with Crippen molar-refractivity contribution in [2.24, 2.45) is 5.73 Å². The fourth-order valence-electron chi connectivity index (χ4n) is 1.25. The SMILES string of the molecule is NC(=O)c1ncn2c(=O)n(CCO)nnc12. The molecule has 0 radical (unpaired) electrons. The molecule has 16 heavy (non-hydrogen) atoms. The molecule has 2 heterocycles. The number of hydrogen-bond donors (Lipinski definition) is 2. The van der Waals surface area contributed by atoms with Gasteiger partial charge in [0.2, 0.25) is 0 Å². The first-order valence-corrected chi connectivity index (χ1v) is 4.36. The predicted molar refractivity (Wildman–Crippen MR) is 50.6 cm³/mol. The summed E-state index contributed by atoms with van der Waals surface area (Å²) in [6, 6.07) is 0. The monoisotopic (exact) mass is 224 g/mol. The van der Waals surface area contributed by atoms with E-state index in [-0.39, 0.29) is 24.5 Å². The number of hydrogen-bond acceptors (Lipinski definition) is 6. The standard InChI is InChI=1S/C7H8N6O3/c8-5(15)4-6-10-11-13(1-2-14)7(16)12(6)3-9-4/h3,14H,1-2H2,(H2,8,15). The van der Waals surface area contributed by atoms with E-state index in [1.54, 1.807) is 0 Å². The molecule has 0 saturated carbocycles. The van der Waals surface area contributed by atoms with E-state index < -0.39 is 11.6 Å². The number of nitrogens with two attached hydrogens (primary N) is 1. The Morgan fingerprint density at radius 1 is 1.56 bits per heavy atom. The van der Waals surface area contributed by atoms with E-state index in [1.165, 1.54) is 0 Å². The molecule has 3 N–H and O–H groups in total. The van der Waals surface area contributed by atoms with E-state index in [1.807, 2.05) is 0 Å². The van der Waals surface area contributed by atoms with Crippen molar-refractivity contribution in [3.63, 3.8) is 0 Å². The molecule has 0 atom stereocenters. The van der Waals surface area contributed by atoms with Crippen molar-refractivity contribution in [2.75, 3.05) is 6.61 Å². The summed E-state index contributed by atoms with van der Waals surface area (Å²) in [5, 5.41) is 15.9. The van der Waals surface area contributed by atoms with Crippen molar-refractivity contribution in [2.45, 2.75) is 6.54 Å². The van der Waals surface area contributed by atoms with Gasteiger partial charge in [-0.2, -0.15) is 4.68 Å². The minimum Gasteiger partial charge on any atom is -0.394 e. The van der Waals surface area contributed by atoms with Gasteiger partial charge in [0.05, 0.1) is 13.2 Å². The maximum atomic E-state index is 11.7. The van der Waals surface area contributed by atoms with Crippen LogP contribution < -0.4 is 11.4 Å². The zero-order valence-electron chi connectivity index (χ0n) is 8.07. The molecule has 9 heteroatoms. The number of amides is 1. The number of carbonyl (C=O) groups is 1. The Morgan fingerprint density at radius 3 is 2.94 bits per heavy atom. The van der Waals surface area contributed by atoms with Crippen LogP contribution in [0.15, 0.2) is 11.1 Å². The third kappa shape index (κ3) is 1.42. The fourth-order valence-corrected chi connectivity index (χ4v) is 1.25. The summed E-state index contributed by atoms with van der Waals surface area (Å²) in [5.41, 5.74) is 4.39. The fraction of sp³-hybridized carbons (Fsp3) is 0.286. The van der Waals surface area contributed by atoms with Gasteiger partial charge < -0.3 is 10.8 Å². The van der Waals surface area contributed by atoms with Gasteiger partial charge in [0, 0.05) is 0 Å². The lowest BCUT2D eigenvalue weighted by Gasteiger charge is -2.00. The molecule has 1 amide bonds. The van der Waals surface area contributed by atoms with Gasteiger partial charge in [-0.15, -0.1) is 5.10 Å². The lowest BCUT2D eigenvalue weighted by atomic mass is 10.4. The molecule has 9 nitrogen and oxygen atoms in total. The number of primary amides is 1. The number of aromatic nitrogens is 5. The average molecular weight is 224 g/mol. The molecule has 2 aromatic rings. The number of aliphatic hydroxyl groups is 1. The first-order chi connectivity index (χ1) is 7.65. The molecule has 0 aliphatic heterocycles. The van der Waals surface area contributed by atoms with Crippen LogP contribution in [0, 0.1) is 0 Å². The summed E-state index contributed by atoms with van der Waals surface area (Å²) in [6.07, 6.45) is 1.14. The number of fused-ring (bicyclic) bond motifs is 1. The number of rotatable bonds is 3. The maximum Gasteiger partial charge on any atom is 0.353 e. The van der Waals surface area contributed by atoms with Crippen LogP contribution >= 0.6 is 0 Å². The molecule has 0 bridgehead atoms. The summed E-state index contributed by atoms with van der Waals surface area (Å²) < 4.78 is 2.00. The van der Waals surface area contributed by atoms with Gasteiger partial charge in [0.15, 0.2) is 11.3 Å². The Morgan fingerprint density at radius 2 is 2.31 bits per heavy atom. The average Bonchev–Trinajstić information content (AvgIpc) is 2.67. The molecular formula is C7H8N6O3. The summed E-state index contributed by atoms with van der Waals surface area (Å²) in [7, 11) is 0. The van der Waals surface area contributed by atoms with Crippen molar-refractivity contribution in [1.29, 1.82) is 0 Å². The summed E-state index contributed by atoms with van der Waals surface area (Å²) in [4.78, 5) is 26.3. The highest BCUT2D eigenvalue weighted by Gasteiger charge is 2.14. The summed E-state index contributed by atoms with van der Waals surface area (Å²) in [5.74, 6) is -0.781. The summed E-state index contributed by atoms with van der Waals surface area (Å²) in [6.45, 7) is -0.219. The smallest absolute Gasteiger partial charge is 0.353 e. The van der Waals surface area contributed by atoms with Crippen molar-refractivity contribution in [1.82, 2.24) is 24.4 Å². The first-order valence-electron chi connectivity index (χ1n) is 4.36. The van der Waals surface area contributed by atoms with Crippen molar-refractivity contribution >= 4 is 11.6 Å². The van der Waals surface area contributed by atoms with E-state index in [9.17, 15) is 9.59 Å². The van der Waals surface area contributed by atoms with Crippen LogP contribution in [0.4, 0.5) is 0 Å². The Hall–Kier alpha value is -2.29. The van der Waals surface area contributed by atoms with Gasteiger partial charge in [0.25, 0.3) is 5.91 Å². The minimum absolute atomic E-state index is 0.00619. The Bertz CT molecular complexity index is 600. The van der Waals surface area contributed by atoms with E-state index in [2.05, 4.69) is 15.3 Å². The molecule has 0 fully saturated rings. The van der Waals surface area contributed by atoms with Gasteiger partial charge in [0.1, 0.15) is 6.33 Å². The van der Waals surface area contributed by atoms with Gasteiger partial charge in [-0.3, -0.25) is 4.79 Å². The molecule has 84 valence electrons. The highest BCUT2D eigenvalue weighted by molar-refractivity contribution is 5.96. The molecule has 0 aliphatic rings. The minimum atomic E-state index is -0.781. The zero-order valence-corrected chi connectivity index (χ0v) is 8.07. The Kier molecular flexibility index (Phi) is 2.37. The van der Waals surface area contributed by atoms with Gasteiger partial charge in [-0.25, -0.2) is 14.2 Å². The maximum absolute atomic E-state index is 11.7. The largest absolute Gasteiger partial charge is 0.394 e. The molecule has 0 spiro atoms. The number of nitrogens with zero attached hydrogens (tertiary/aromatic N) is 5. The lowest BCUT2D eigenvalue weighted by Crippen LogP contribution is -2.31. The number of imidazole rings is 1. The quantitative estimate of drug-likeness (QED) is 0.587. The van der Waals surface area contributed by atoms with Crippen LogP contribution in [0.2, 0.25) is 0 Å². The topological polar surface area (TPSA) is 128 Å². The highest BCUT2D eigenvalue weighted by atomic mass is 16.3. The van der Waals surface area contributed by atoms with Gasteiger partial charge >= 0.3 is 5.69 Å². The van der Waals surface area contributed by atoms with Crippen LogP contribution in [0.5, 0.6) is 0 Å². The zero-order chi connectivity index (χ0) is 11.7. The normalized spacial score (nSPS) is 10.8. The van der Waals surface area contributed by atoms with E-state index >= 15 is 0 Å². The molecule has 0 unspecified atom stereocenters. The van der Waals surface area contributed by atoms with Crippen LogP contribution in [0.1, 0.15) is 10.5 Å². The highest BCUT2D eigenvalue weighted by Crippen LogP contribution is 2.00. The Labute approximate surface area is 88.1 Å². The second kappa shape index (κ2) is 3.70. The van der Waals surface area contributed by atoms with Crippen LogP contribution in [-0.4, -0.2) is 42.0 Å². The van der Waals surface area contributed by atoms with Crippen molar-refractivity contribution < 1.29 is 9.90 Å². The molecule has 0 saturated heterocycles. The second-order valence-corrected chi connectivity index (χ2v) is 2.97. The lowest BCUT2D eigenvalue weighted by molar-refractivity contribution is 0.0997. The third-order valence-electron chi connectivity index (χ3n) is 1.96. The second-order valence-electron chi connectivity index (χ2n) is 2.97. The van der Waals surface area contributed by atoms with Gasteiger partial charge in [-0.1, -0.05) is 5.21 Å². The third-order valence-corrected chi connectivity index (χ3v) is 1.96. The van der Waals surface area contributed by atoms with Crippen molar-refractivity contribution in [3.05, 3.63) is 22.5 Å². The summed E-state index contributed by atoms with van der Waals surface area (Å²) >= 11 is 0. The van der Waals surface area contributed by atoms with Crippen LogP contribution in [0.25, 0.3) is 5.65 Å². The van der Waals surface area contributed by atoms with Crippen molar-refractivity contribution in [3.8, 4) is 0 Å². The van der Waals surface area contributed by atoms with Crippen LogP contribution in [-0.2, 0) is 6.54 Å². The van der Waals surface area contributed by atoms with E-state index in [0.29, 0.717) is 0 Å². The van der Waals surface area contributed by atoms with Gasteiger partial charge in [-0.05, 0) is 0 Å². The molecular weight excluding hydrogens is 216 g/mol. The predicted octanol–water partition coefficient (Wildman–Crippen LogP) is -2.62. The number of aliphatic hydroxyl groups excluding tert-OH is 1. The molecule has 0 aromatic carbocycles. The molecule has 2 rings (SSSR count). The number of carbonyl (C=O) groups excluding carboxylic acids is 1. The van der Waals surface area contributed by atoms with E-state index in [4.69, 9.17) is 10.8 Å². The Balaban J connectivity index is 2.69. The molecule has 2 aromatic heterocycles. The molecule has 0 aliphatic carbocycles.